The first kappa shape index (κ1) is 25.6. The Hall–Kier alpha value is -2.46. The number of nitrogens with one attached hydrogen (secondary N) is 1. The van der Waals surface area contributed by atoms with Crippen molar-refractivity contribution in [2.75, 3.05) is 44.3 Å². The van der Waals surface area contributed by atoms with E-state index in [9.17, 15) is 31.6 Å². The molecule has 1 aromatic carbocycles. The number of hydrogen-bond donors (Lipinski definition) is 2. The van der Waals surface area contributed by atoms with Crippen molar-refractivity contribution in [3.63, 3.8) is 0 Å². The second-order valence-electron chi connectivity index (χ2n) is 8.02. The van der Waals surface area contributed by atoms with Gasteiger partial charge in [0.1, 0.15) is 5.75 Å². The smallest absolute Gasteiger partial charge is 0.406 e. The number of benzene rings is 1. The second kappa shape index (κ2) is 9.89. The summed E-state index contributed by atoms with van der Waals surface area (Å²) in [7, 11) is -4.07. The molecule has 192 valence electrons. The maximum atomic E-state index is 13.4. The molecular formula is C20H23F3N4O6S2. The summed E-state index contributed by atoms with van der Waals surface area (Å²) in [4.78, 5) is 19.4. The number of hydroxylamine groups is 1. The molecule has 15 heteroatoms. The Kier molecular flexibility index (Phi) is 7.24. The van der Waals surface area contributed by atoms with Crippen LogP contribution in [0.2, 0.25) is 0 Å². The molecule has 2 N–H and O–H groups in total. The standard InChI is InChI=1S/C20H23F3N4O6S2/c21-20(22,23)33-15-3-1-14(2-4-15)16-13-24-18(34-16)26-7-9-27(10-8-26)35(30,31)19(17(28)25-29)5-11-32-12-6-19/h1-4,13,29H,5-12H2,(H,25,28). The van der Waals surface area contributed by atoms with Crippen LogP contribution < -0.4 is 15.1 Å². The molecule has 1 aromatic heterocycles. The summed E-state index contributed by atoms with van der Waals surface area (Å²) in [6.07, 6.45) is -3.26. The Labute approximate surface area is 203 Å². The fourth-order valence-electron chi connectivity index (χ4n) is 4.14. The Morgan fingerprint density at radius 3 is 2.34 bits per heavy atom. The maximum absolute atomic E-state index is 13.4. The van der Waals surface area contributed by atoms with Crippen LogP contribution in [0, 0.1) is 0 Å². The molecule has 10 nitrogen and oxygen atoms in total. The number of thiazole rings is 1. The van der Waals surface area contributed by atoms with Crippen molar-refractivity contribution in [2.45, 2.75) is 24.0 Å². The van der Waals surface area contributed by atoms with Crippen LogP contribution >= 0.6 is 11.3 Å². The van der Waals surface area contributed by atoms with Crippen LogP contribution in [0.5, 0.6) is 5.75 Å². The number of carbonyl (C=O) groups excluding carboxylic acids is 1. The molecule has 0 unspecified atom stereocenters. The van der Waals surface area contributed by atoms with Gasteiger partial charge in [-0.15, -0.1) is 13.2 Å². The zero-order chi connectivity index (χ0) is 25.3. The Morgan fingerprint density at radius 1 is 1.14 bits per heavy atom. The minimum absolute atomic E-state index is 0.0510. The number of alkyl halides is 3. The number of sulfonamides is 1. The Morgan fingerprint density at radius 2 is 1.77 bits per heavy atom. The van der Waals surface area contributed by atoms with Crippen molar-refractivity contribution in [2.24, 2.45) is 0 Å². The number of rotatable bonds is 6. The lowest BCUT2D eigenvalue weighted by molar-refractivity contribution is -0.274. The zero-order valence-corrected chi connectivity index (χ0v) is 20.0. The normalized spacial score (nSPS) is 19.4. The van der Waals surface area contributed by atoms with Gasteiger partial charge in [0.15, 0.2) is 9.88 Å². The number of ether oxygens (including phenoxy) is 2. The molecule has 2 aliphatic rings. The first-order valence-corrected chi connectivity index (χ1v) is 12.9. The molecule has 0 aliphatic carbocycles. The predicted molar refractivity (Wildman–Crippen MR) is 120 cm³/mol. The lowest BCUT2D eigenvalue weighted by atomic mass is 9.98. The fourth-order valence-corrected chi connectivity index (χ4v) is 7.21. The minimum atomic E-state index is -4.76. The van der Waals surface area contributed by atoms with Crippen LogP contribution in [0.15, 0.2) is 30.5 Å². The van der Waals surface area contributed by atoms with Gasteiger partial charge in [0.2, 0.25) is 10.0 Å². The Bertz CT molecular complexity index is 1140. The number of aromatic nitrogens is 1. The van der Waals surface area contributed by atoms with Gasteiger partial charge in [-0.3, -0.25) is 10.0 Å². The molecule has 2 fully saturated rings. The van der Waals surface area contributed by atoms with Gasteiger partial charge in [0.05, 0.1) is 4.88 Å². The van der Waals surface area contributed by atoms with Crippen LogP contribution in [-0.2, 0) is 19.6 Å². The number of halogens is 3. The van der Waals surface area contributed by atoms with E-state index in [2.05, 4.69) is 9.72 Å². The first-order chi connectivity index (χ1) is 16.6. The summed E-state index contributed by atoms with van der Waals surface area (Å²) in [5, 5.41) is 9.81. The average molecular weight is 537 g/mol. The maximum Gasteiger partial charge on any atom is 0.573 e. The lowest BCUT2D eigenvalue weighted by Gasteiger charge is -2.41. The van der Waals surface area contributed by atoms with Crippen LogP contribution in [0.4, 0.5) is 18.3 Å². The zero-order valence-electron chi connectivity index (χ0n) is 18.3. The number of carbonyl (C=O) groups is 1. The highest BCUT2D eigenvalue weighted by Gasteiger charge is 2.54. The molecule has 0 spiro atoms. The number of hydrogen-bond acceptors (Lipinski definition) is 9. The molecule has 0 radical (unpaired) electrons. The third-order valence-electron chi connectivity index (χ3n) is 6.02. The summed E-state index contributed by atoms with van der Waals surface area (Å²) >= 11 is 1.33. The van der Waals surface area contributed by atoms with Gasteiger partial charge in [0.25, 0.3) is 5.91 Å². The summed E-state index contributed by atoms with van der Waals surface area (Å²) < 4.78 is 72.4. The summed E-state index contributed by atoms with van der Waals surface area (Å²) in [5.41, 5.74) is 2.17. The van der Waals surface area contributed by atoms with Crippen molar-refractivity contribution in [1.29, 1.82) is 0 Å². The van der Waals surface area contributed by atoms with Gasteiger partial charge < -0.3 is 14.4 Å². The topological polar surface area (TPSA) is 121 Å². The summed E-state index contributed by atoms with van der Waals surface area (Å²) in [6, 6.07) is 5.45. The molecule has 3 heterocycles. The quantitative estimate of drug-likeness (QED) is 0.426. The molecule has 0 saturated carbocycles. The van der Waals surface area contributed by atoms with E-state index in [4.69, 9.17) is 4.74 Å². The highest BCUT2D eigenvalue weighted by Crippen LogP contribution is 2.36. The van der Waals surface area contributed by atoms with Crippen LogP contribution in [0.3, 0.4) is 0 Å². The molecule has 4 rings (SSSR count). The molecular weight excluding hydrogens is 513 g/mol. The summed E-state index contributed by atoms with van der Waals surface area (Å²) in [5.74, 6) is -1.28. The monoisotopic (exact) mass is 536 g/mol. The van der Waals surface area contributed by atoms with Crippen molar-refractivity contribution < 1.29 is 41.1 Å². The molecule has 35 heavy (non-hydrogen) atoms. The highest BCUT2D eigenvalue weighted by molar-refractivity contribution is 7.91. The van der Waals surface area contributed by atoms with E-state index >= 15 is 0 Å². The first-order valence-electron chi connectivity index (χ1n) is 10.6. The van der Waals surface area contributed by atoms with Crippen LogP contribution in [0.1, 0.15) is 12.8 Å². The van der Waals surface area contributed by atoms with Gasteiger partial charge in [-0.25, -0.2) is 18.9 Å². The van der Waals surface area contributed by atoms with E-state index < -0.39 is 27.0 Å². The van der Waals surface area contributed by atoms with Crippen LogP contribution in [0.25, 0.3) is 10.4 Å². The largest absolute Gasteiger partial charge is 0.573 e. The van der Waals surface area contributed by atoms with Gasteiger partial charge in [0, 0.05) is 58.4 Å². The predicted octanol–water partition coefficient (Wildman–Crippen LogP) is 2.22. The van der Waals surface area contributed by atoms with E-state index in [1.807, 2.05) is 4.90 Å². The van der Waals surface area contributed by atoms with Crippen molar-refractivity contribution in [3.8, 4) is 16.2 Å². The number of piperazine rings is 1. The van der Waals surface area contributed by atoms with E-state index in [1.165, 1.54) is 45.4 Å². The molecule has 2 aliphatic heterocycles. The van der Waals surface area contributed by atoms with Crippen molar-refractivity contribution in [1.82, 2.24) is 14.8 Å². The van der Waals surface area contributed by atoms with Gasteiger partial charge >= 0.3 is 6.36 Å². The average Bonchev–Trinajstić information content (AvgIpc) is 3.34. The molecule has 2 aromatic rings. The molecule has 0 atom stereocenters. The molecule has 0 bridgehead atoms. The van der Waals surface area contributed by atoms with Gasteiger partial charge in [-0.05, 0) is 29.8 Å². The number of anilines is 1. The lowest BCUT2D eigenvalue weighted by Crippen LogP contribution is -2.62. The third kappa shape index (κ3) is 5.23. The van der Waals surface area contributed by atoms with E-state index in [-0.39, 0.29) is 44.9 Å². The summed E-state index contributed by atoms with van der Waals surface area (Å²) in [6.45, 7) is 1.11. The van der Waals surface area contributed by atoms with Crippen LogP contribution in [-0.4, -0.2) is 79.3 Å². The van der Waals surface area contributed by atoms with Gasteiger partial charge in [-0.1, -0.05) is 11.3 Å². The van der Waals surface area contributed by atoms with E-state index in [0.717, 1.165) is 4.88 Å². The van der Waals surface area contributed by atoms with Crippen molar-refractivity contribution >= 4 is 32.4 Å². The Balaban J connectivity index is 1.43. The van der Waals surface area contributed by atoms with E-state index in [1.54, 1.807) is 6.20 Å². The molecule has 2 saturated heterocycles. The number of amides is 1. The van der Waals surface area contributed by atoms with E-state index in [0.29, 0.717) is 23.8 Å². The second-order valence-corrected chi connectivity index (χ2v) is 11.3. The van der Waals surface area contributed by atoms with Crippen molar-refractivity contribution in [3.05, 3.63) is 30.5 Å². The highest BCUT2D eigenvalue weighted by atomic mass is 32.2. The number of nitrogens with zero attached hydrogens (tertiary/aromatic N) is 3. The fraction of sp³-hybridized carbons (Fsp3) is 0.500. The third-order valence-corrected chi connectivity index (χ3v) is 9.76. The minimum Gasteiger partial charge on any atom is -0.406 e. The molecule has 1 amide bonds. The SMILES string of the molecule is O=C(NO)C1(S(=O)(=O)N2CCN(c3ncc(-c4ccc(OC(F)(F)F)cc4)s3)CC2)CCOCC1. The van der Waals surface area contributed by atoms with Gasteiger partial charge in [-0.2, -0.15) is 4.31 Å².